The van der Waals surface area contributed by atoms with Gasteiger partial charge in [-0.3, -0.25) is 4.79 Å². The molecule has 4 heteroatoms. The summed E-state index contributed by atoms with van der Waals surface area (Å²) in [5.74, 6) is -0.208. The molecule has 17 heavy (non-hydrogen) atoms. The average molecular weight is 252 g/mol. The van der Waals surface area contributed by atoms with Crippen LogP contribution < -0.4 is 0 Å². The Morgan fingerprint density at radius 2 is 2.00 bits per heavy atom. The highest BCUT2D eigenvalue weighted by Crippen LogP contribution is 2.24. The Balaban J connectivity index is 2.29. The predicted molar refractivity (Wildman–Crippen MR) is 67.0 cm³/mol. The van der Waals surface area contributed by atoms with Crippen LogP contribution in [0.2, 0.25) is 0 Å². The molecular weight excluding hydrogens is 236 g/mol. The molecule has 1 aliphatic rings. The summed E-state index contributed by atoms with van der Waals surface area (Å²) in [4.78, 5) is 12.2. The zero-order chi connectivity index (χ0) is 12.6. The van der Waals surface area contributed by atoms with E-state index >= 15 is 0 Å². The Labute approximate surface area is 102 Å². The van der Waals surface area contributed by atoms with Crippen molar-refractivity contribution in [3.8, 4) is 0 Å². The first-order valence-corrected chi connectivity index (χ1v) is 7.53. The Morgan fingerprint density at radius 1 is 1.29 bits per heavy atom. The van der Waals surface area contributed by atoms with Gasteiger partial charge in [0.05, 0.1) is 11.5 Å². The van der Waals surface area contributed by atoms with Gasteiger partial charge in [0.2, 0.25) is 0 Å². The number of sulfone groups is 1. The van der Waals surface area contributed by atoms with E-state index in [4.69, 9.17) is 0 Å². The molecule has 3 nitrogen and oxygen atoms in total. The third-order valence-corrected chi connectivity index (χ3v) is 5.03. The average Bonchev–Trinajstić information content (AvgIpc) is 2.61. The van der Waals surface area contributed by atoms with Crippen LogP contribution >= 0.6 is 0 Å². The summed E-state index contributed by atoms with van der Waals surface area (Å²) in [5, 5.41) is 0. The number of aryl methyl sites for hydroxylation is 2. The number of benzene rings is 1. The van der Waals surface area contributed by atoms with Crippen molar-refractivity contribution in [2.45, 2.75) is 20.3 Å². The van der Waals surface area contributed by atoms with Gasteiger partial charge in [-0.1, -0.05) is 17.7 Å². The molecule has 0 aliphatic carbocycles. The quantitative estimate of drug-likeness (QED) is 0.756. The van der Waals surface area contributed by atoms with Gasteiger partial charge in [0.25, 0.3) is 0 Å². The van der Waals surface area contributed by atoms with Crippen molar-refractivity contribution >= 4 is 15.6 Å². The van der Waals surface area contributed by atoms with E-state index in [2.05, 4.69) is 0 Å². The van der Waals surface area contributed by atoms with E-state index in [1.54, 1.807) is 0 Å². The van der Waals surface area contributed by atoms with Crippen molar-refractivity contribution in [2.24, 2.45) is 5.92 Å². The lowest BCUT2D eigenvalue weighted by Crippen LogP contribution is -2.17. The first-order chi connectivity index (χ1) is 7.89. The molecule has 1 aromatic carbocycles. The first-order valence-electron chi connectivity index (χ1n) is 5.71. The highest BCUT2D eigenvalue weighted by atomic mass is 32.2. The fourth-order valence-electron chi connectivity index (χ4n) is 2.22. The van der Waals surface area contributed by atoms with Gasteiger partial charge in [0, 0.05) is 11.5 Å². The van der Waals surface area contributed by atoms with E-state index in [-0.39, 0.29) is 23.2 Å². The minimum atomic E-state index is -2.99. The van der Waals surface area contributed by atoms with Crippen LogP contribution in [-0.4, -0.2) is 25.7 Å². The topological polar surface area (TPSA) is 51.2 Å². The number of Topliss-reactive ketones (excluding diaryl/α,β-unsaturated/α-hetero) is 1. The fourth-order valence-corrected chi connectivity index (χ4v) is 3.96. The lowest BCUT2D eigenvalue weighted by atomic mass is 9.93. The molecule has 2 rings (SSSR count). The summed E-state index contributed by atoms with van der Waals surface area (Å²) in [6, 6.07) is 5.71. The monoisotopic (exact) mass is 252 g/mol. The summed E-state index contributed by atoms with van der Waals surface area (Å²) in [5.41, 5.74) is 2.62. The van der Waals surface area contributed by atoms with Gasteiger partial charge in [-0.05, 0) is 31.9 Å². The Hall–Kier alpha value is -1.16. The molecule has 1 aliphatic heterocycles. The maximum absolute atomic E-state index is 12.2. The van der Waals surface area contributed by atoms with Crippen LogP contribution in [0, 0.1) is 19.8 Å². The normalized spacial score (nSPS) is 22.6. The first kappa shape index (κ1) is 12.3. The van der Waals surface area contributed by atoms with Gasteiger partial charge in [-0.15, -0.1) is 0 Å². The van der Waals surface area contributed by atoms with Gasteiger partial charge in [0.1, 0.15) is 0 Å². The van der Waals surface area contributed by atoms with E-state index in [1.165, 1.54) is 0 Å². The van der Waals surface area contributed by atoms with Crippen molar-refractivity contribution in [1.82, 2.24) is 0 Å². The van der Waals surface area contributed by atoms with Gasteiger partial charge < -0.3 is 0 Å². The van der Waals surface area contributed by atoms with Crippen LogP contribution in [0.3, 0.4) is 0 Å². The number of carbonyl (C=O) groups is 1. The number of carbonyl (C=O) groups excluding carboxylic acids is 1. The molecule has 0 amide bonds. The zero-order valence-corrected chi connectivity index (χ0v) is 10.9. The molecule has 0 N–H and O–H groups in total. The van der Waals surface area contributed by atoms with E-state index in [0.29, 0.717) is 12.0 Å². The van der Waals surface area contributed by atoms with Gasteiger partial charge in [0.15, 0.2) is 15.6 Å². The highest BCUT2D eigenvalue weighted by molar-refractivity contribution is 7.91. The summed E-state index contributed by atoms with van der Waals surface area (Å²) in [6.45, 7) is 3.82. The SMILES string of the molecule is Cc1ccc(C)c(C(=O)C2CCS(=O)(=O)C2)c1. The maximum atomic E-state index is 12.2. The minimum absolute atomic E-state index is 0.0131. The largest absolute Gasteiger partial charge is 0.294 e. The molecule has 0 radical (unpaired) electrons. The van der Waals surface area contributed by atoms with Gasteiger partial charge in [-0.25, -0.2) is 8.42 Å². The van der Waals surface area contributed by atoms with Crippen LogP contribution in [0.5, 0.6) is 0 Å². The lowest BCUT2D eigenvalue weighted by molar-refractivity contribution is 0.0932. The summed E-state index contributed by atoms with van der Waals surface area (Å²) >= 11 is 0. The summed E-state index contributed by atoms with van der Waals surface area (Å²) in [7, 11) is -2.99. The van der Waals surface area contributed by atoms with E-state index in [9.17, 15) is 13.2 Å². The molecule has 1 aromatic rings. The molecular formula is C13H16O3S. The van der Waals surface area contributed by atoms with Gasteiger partial charge in [-0.2, -0.15) is 0 Å². The maximum Gasteiger partial charge on any atom is 0.167 e. The van der Waals surface area contributed by atoms with Crippen molar-refractivity contribution in [1.29, 1.82) is 0 Å². The number of hydrogen-bond donors (Lipinski definition) is 0. The van der Waals surface area contributed by atoms with Crippen molar-refractivity contribution in [3.63, 3.8) is 0 Å². The molecule has 1 fully saturated rings. The molecule has 1 heterocycles. The molecule has 0 aromatic heterocycles. The molecule has 1 saturated heterocycles. The smallest absolute Gasteiger partial charge is 0.167 e. The van der Waals surface area contributed by atoms with Crippen LogP contribution in [-0.2, 0) is 9.84 Å². The Bertz CT molecular complexity index is 558. The van der Waals surface area contributed by atoms with Crippen LogP contribution in [0.1, 0.15) is 27.9 Å². The summed E-state index contributed by atoms with van der Waals surface area (Å²) < 4.78 is 22.8. The standard InChI is InChI=1S/C13H16O3S/c1-9-3-4-10(2)12(7-9)13(14)11-5-6-17(15,16)8-11/h3-4,7,11H,5-6,8H2,1-2H3. The fraction of sp³-hybridized carbons (Fsp3) is 0.462. The number of rotatable bonds is 2. The van der Waals surface area contributed by atoms with Crippen molar-refractivity contribution < 1.29 is 13.2 Å². The van der Waals surface area contributed by atoms with Crippen LogP contribution in [0.15, 0.2) is 18.2 Å². The second kappa shape index (κ2) is 4.26. The molecule has 0 saturated carbocycles. The Morgan fingerprint density at radius 3 is 2.59 bits per heavy atom. The Kier molecular flexibility index (Phi) is 3.08. The second-order valence-electron chi connectivity index (χ2n) is 4.78. The molecule has 1 atom stereocenters. The van der Waals surface area contributed by atoms with E-state index < -0.39 is 9.84 Å². The van der Waals surface area contributed by atoms with Crippen molar-refractivity contribution in [3.05, 3.63) is 34.9 Å². The third-order valence-electron chi connectivity index (χ3n) is 3.26. The van der Waals surface area contributed by atoms with Crippen LogP contribution in [0.25, 0.3) is 0 Å². The lowest BCUT2D eigenvalue weighted by Gasteiger charge is -2.10. The van der Waals surface area contributed by atoms with E-state index in [0.717, 1.165) is 11.1 Å². The molecule has 0 spiro atoms. The molecule has 92 valence electrons. The minimum Gasteiger partial charge on any atom is -0.294 e. The van der Waals surface area contributed by atoms with Crippen molar-refractivity contribution in [2.75, 3.05) is 11.5 Å². The third kappa shape index (κ3) is 2.57. The van der Waals surface area contributed by atoms with Gasteiger partial charge >= 0.3 is 0 Å². The second-order valence-corrected chi connectivity index (χ2v) is 7.01. The summed E-state index contributed by atoms with van der Waals surface area (Å²) in [6.07, 6.45) is 0.467. The van der Waals surface area contributed by atoms with E-state index in [1.807, 2.05) is 32.0 Å². The number of ketones is 1. The molecule has 1 unspecified atom stereocenters. The number of hydrogen-bond acceptors (Lipinski definition) is 3. The predicted octanol–water partition coefficient (Wildman–Crippen LogP) is 1.92. The van der Waals surface area contributed by atoms with Crippen LogP contribution in [0.4, 0.5) is 0 Å². The molecule has 0 bridgehead atoms. The highest BCUT2D eigenvalue weighted by Gasteiger charge is 2.33. The zero-order valence-electron chi connectivity index (χ0n) is 10.1.